The molecule has 2 rings (SSSR count). The number of nitrogen functional groups attached to an aromatic ring is 1. The van der Waals surface area contributed by atoms with Gasteiger partial charge in [-0.2, -0.15) is 0 Å². The van der Waals surface area contributed by atoms with Crippen LogP contribution in [0.1, 0.15) is 24.7 Å². The Hall–Kier alpha value is -2.30. The zero-order chi connectivity index (χ0) is 14.4. The fourth-order valence-electron chi connectivity index (χ4n) is 1.98. The molecular formula is C15H20N4O. The Bertz CT molecular complexity index is 572. The van der Waals surface area contributed by atoms with Crippen molar-refractivity contribution in [2.45, 2.75) is 26.3 Å². The number of benzene rings is 1. The Kier molecular flexibility index (Phi) is 4.76. The summed E-state index contributed by atoms with van der Waals surface area (Å²) in [5.74, 6) is 2.86. The van der Waals surface area contributed by atoms with E-state index in [1.807, 2.05) is 24.3 Å². The summed E-state index contributed by atoms with van der Waals surface area (Å²) in [7, 11) is 1.67. The summed E-state index contributed by atoms with van der Waals surface area (Å²) in [6.07, 6.45) is 1.82. The van der Waals surface area contributed by atoms with E-state index in [9.17, 15) is 0 Å². The van der Waals surface area contributed by atoms with E-state index in [4.69, 9.17) is 10.5 Å². The van der Waals surface area contributed by atoms with Gasteiger partial charge in [0.25, 0.3) is 0 Å². The minimum Gasteiger partial charge on any atom is -0.496 e. The highest BCUT2D eigenvalue weighted by Gasteiger charge is 2.04. The van der Waals surface area contributed by atoms with Crippen molar-refractivity contribution in [1.82, 2.24) is 9.97 Å². The van der Waals surface area contributed by atoms with Crippen molar-refractivity contribution in [3.8, 4) is 5.75 Å². The highest BCUT2D eigenvalue weighted by Crippen LogP contribution is 2.19. The van der Waals surface area contributed by atoms with Crippen LogP contribution in [0, 0.1) is 0 Å². The first-order valence-corrected chi connectivity index (χ1v) is 6.72. The molecular weight excluding hydrogens is 252 g/mol. The van der Waals surface area contributed by atoms with Gasteiger partial charge in [0.1, 0.15) is 23.2 Å². The van der Waals surface area contributed by atoms with Crippen molar-refractivity contribution in [3.05, 3.63) is 41.7 Å². The Labute approximate surface area is 119 Å². The van der Waals surface area contributed by atoms with Crippen LogP contribution in [0.15, 0.2) is 30.3 Å². The van der Waals surface area contributed by atoms with E-state index >= 15 is 0 Å². The number of para-hydroxylation sites is 1. The maximum absolute atomic E-state index is 5.80. The molecule has 0 spiro atoms. The van der Waals surface area contributed by atoms with E-state index in [0.29, 0.717) is 12.4 Å². The van der Waals surface area contributed by atoms with Crippen LogP contribution >= 0.6 is 0 Å². The average Bonchev–Trinajstić information content (AvgIpc) is 2.45. The molecule has 0 saturated carbocycles. The molecule has 0 saturated heterocycles. The number of nitrogens with zero attached hydrogens (tertiary/aromatic N) is 2. The third-order valence-corrected chi connectivity index (χ3v) is 2.92. The van der Waals surface area contributed by atoms with Crippen LogP contribution in [0.5, 0.6) is 5.75 Å². The number of ether oxygens (including phenoxy) is 1. The van der Waals surface area contributed by atoms with Gasteiger partial charge in [0.05, 0.1) is 7.11 Å². The molecule has 0 aliphatic heterocycles. The lowest BCUT2D eigenvalue weighted by Crippen LogP contribution is -2.07. The molecule has 5 nitrogen and oxygen atoms in total. The van der Waals surface area contributed by atoms with Gasteiger partial charge >= 0.3 is 0 Å². The fraction of sp³-hybridized carbons (Fsp3) is 0.333. The summed E-state index contributed by atoms with van der Waals surface area (Å²) in [6.45, 7) is 2.72. The highest BCUT2D eigenvalue weighted by atomic mass is 16.5. The average molecular weight is 272 g/mol. The van der Waals surface area contributed by atoms with Gasteiger partial charge in [-0.05, 0) is 12.5 Å². The molecule has 1 heterocycles. The van der Waals surface area contributed by atoms with E-state index in [-0.39, 0.29) is 0 Å². The number of nitrogens with one attached hydrogen (secondary N) is 1. The lowest BCUT2D eigenvalue weighted by molar-refractivity contribution is 0.410. The topological polar surface area (TPSA) is 73.1 Å². The predicted octanol–water partition coefficient (Wildman–Crippen LogP) is 2.63. The molecule has 0 radical (unpaired) electrons. The summed E-state index contributed by atoms with van der Waals surface area (Å²) in [5, 5.41) is 3.26. The molecule has 0 aliphatic rings. The third kappa shape index (κ3) is 3.60. The summed E-state index contributed by atoms with van der Waals surface area (Å²) >= 11 is 0. The molecule has 0 atom stereocenters. The fourth-order valence-corrected chi connectivity index (χ4v) is 1.98. The first-order chi connectivity index (χ1) is 9.72. The van der Waals surface area contributed by atoms with Crippen LogP contribution in [0.4, 0.5) is 11.6 Å². The predicted molar refractivity (Wildman–Crippen MR) is 80.8 cm³/mol. The second kappa shape index (κ2) is 6.75. The second-order valence-electron chi connectivity index (χ2n) is 4.51. The Morgan fingerprint density at radius 3 is 2.80 bits per heavy atom. The van der Waals surface area contributed by atoms with Crippen molar-refractivity contribution in [1.29, 1.82) is 0 Å². The Balaban J connectivity index is 2.10. The van der Waals surface area contributed by atoms with Gasteiger partial charge in [-0.15, -0.1) is 0 Å². The van der Waals surface area contributed by atoms with Gasteiger partial charge in [0, 0.05) is 24.6 Å². The van der Waals surface area contributed by atoms with E-state index in [0.717, 1.165) is 35.8 Å². The number of anilines is 2. The van der Waals surface area contributed by atoms with Crippen molar-refractivity contribution in [3.63, 3.8) is 0 Å². The number of hydrogen-bond acceptors (Lipinski definition) is 5. The lowest BCUT2D eigenvalue weighted by Gasteiger charge is -2.11. The minimum atomic E-state index is 0.492. The summed E-state index contributed by atoms with van der Waals surface area (Å²) in [5.41, 5.74) is 6.87. The zero-order valence-corrected chi connectivity index (χ0v) is 11.9. The molecule has 0 unspecified atom stereocenters. The number of rotatable bonds is 6. The van der Waals surface area contributed by atoms with Gasteiger partial charge in [-0.3, -0.25) is 0 Å². The standard InChI is InChI=1S/C15H20N4O/c1-3-6-14-18-13(16)9-15(19-14)17-10-11-7-4-5-8-12(11)20-2/h4-5,7-9H,3,6,10H2,1-2H3,(H3,16,17,18,19). The highest BCUT2D eigenvalue weighted by molar-refractivity contribution is 5.46. The normalized spacial score (nSPS) is 10.3. The van der Waals surface area contributed by atoms with Crippen molar-refractivity contribution in [2.24, 2.45) is 0 Å². The first-order valence-electron chi connectivity index (χ1n) is 6.72. The summed E-state index contributed by atoms with van der Waals surface area (Å²) in [4.78, 5) is 8.67. The van der Waals surface area contributed by atoms with Crippen molar-refractivity contribution < 1.29 is 4.74 Å². The molecule has 0 amide bonds. The maximum Gasteiger partial charge on any atom is 0.133 e. The smallest absolute Gasteiger partial charge is 0.133 e. The van der Waals surface area contributed by atoms with Crippen molar-refractivity contribution in [2.75, 3.05) is 18.2 Å². The minimum absolute atomic E-state index is 0.492. The molecule has 20 heavy (non-hydrogen) atoms. The van der Waals surface area contributed by atoms with Gasteiger partial charge in [0.2, 0.25) is 0 Å². The second-order valence-corrected chi connectivity index (χ2v) is 4.51. The van der Waals surface area contributed by atoms with E-state index in [2.05, 4.69) is 22.2 Å². The van der Waals surface area contributed by atoms with E-state index in [1.54, 1.807) is 13.2 Å². The number of nitrogens with two attached hydrogens (primary N) is 1. The molecule has 0 fully saturated rings. The van der Waals surface area contributed by atoms with Gasteiger partial charge in [-0.25, -0.2) is 9.97 Å². The number of hydrogen-bond donors (Lipinski definition) is 2. The summed E-state index contributed by atoms with van der Waals surface area (Å²) in [6, 6.07) is 9.63. The monoisotopic (exact) mass is 272 g/mol. The van der Waals surface area contributed by atoms with Crippen molar-refractivity contribution >= 4 is 11.6 Å². The molecule has 1 aromatic heterocycles. The van der Waals surface area contributed by atoms with Gasteiger partial charge in [-0.1, -0.05) is 25.1 Å². The molecule has 106 valence electrons. The number of aromatic nitrogens is 2. The zero-order valence-electron chi connectivity index (χ0n) is 11.9. The van der Waals surface area contributed by atoms with Crippen LogP contribution in [0.25, 0.3) is 0 Å². The third-order valence-electron chi connectivity index (χ3n) is 2.92. The van der Waals surface area contributed by atoms with E-state index in [1.165, 1.54) is 0 Å². The van der Waals surface area contributed by atoms with E-state index < -0.39 is 0 Å². The molecule has 0 aliphatic carbocycles. The lowest BCUT2D eigenvalue weighted by atomic mass is 10.2. The molecule has 3 N–H and O–H groups in total. The Morgan fingerprint density at radius 2 is 2.05 bits per heavy atom. The van der Waals surface area contributed by atoms with Crippen LogP contribution < -0.4 is 15.8 Å². The van der Waals surface area contributed by atoms with Crippen LogP contribution in [0.2, 0.25) is 0 Å². The first kappa shape index (κ1) is 14.1. The SMILES string of the molecule is CCCc1nc(N)cc(NCc2ccccc2OC)n1. The Morgan fingerprint density at radius 1 is 1.25 bits per heavy atom. The number of methoxy groups -OCH3 is 1. The number of aryl methyl sites for hydroxylation is 1. The van der Waals surface area contributed by atoms with Gasteiger partial charge in [0.15, 0.2) is 0 Å². The quantitative estimate of drug-likeness (QED) is 0.845. The summed E-state index contributed by atoms with van der Waals surface area (Å²) < 4.78 is 5.32. The molecule has 2 aromatic rings. The van der Waals surface area contributed by atoms with Crippen LogP contribution in [-0.2, 0) is 13.0 Å². The van der Waals surface area contributed by atoms with Crippen LogP contribution in [0.3, 0.4) is 0 Å². The molecule has 5 heteroatoms. The largest absolute Gasteiger partial charge is 0.496 e. The van der Waals surface area contributed by atoms with Gasteiger partial charge < -0.3 is 15.8 Å². The molecule has 0 bridgehead atoms. The van der Waals surface area contributed by atoms with Crippen LogP contribution in [-0.4, -0.2) is 17.1 Å². The molecule has 1 aromatic carbocycles. The maximum atomic E-state index is 5.80.